The van der Waals surface area contributed by atoms with Crippen LogP contribution in [0.4, 0.5) is 4.39 Å². The van der Waals surface area contributed by atoms with E-state index in [1.807, 2.05) is 18.3 Å². The second-order valence-electron chi connectivity index (χ2n) is 6.89. The summed E-state index contributed by atoms with van der Waals surface area (Å²) in [5, 5.41) is 0. The zero-order valence-corrected chi connectivity index (χ0v) is 14.2. The predicted octanol–water partition coefficient (Wildman–Crippen LogP) is 4.60. The molecule has 1 saturated carbocycles. The molecule has 24 heavy (non-hydrogen) atoms. The number of H-pyrrole nitrogens is 1. The molecule has 3 atom stereocenters. The highest BCUT2D eigenvalue weighted by molar-refractivity contribution is 5.32. The van der Waals surface area contributed by atoms with Gasteiger partial charge in [-0.2, -0.15) is 0 Å². The SMILES string of the molecule is COc1ccc(F)c([C@@H](C)CC2CC[C@H](c3ccc(=O)[nH]c3)C2)c1. The van der Waals surface area contributed by atoms with Crippen molar-refractivity contribution < 1.29 is 9.13 Å². The van der Waals surface area contributed by atoms with E-state index in [0.717, 1.165) is 31.2 Å². The van der Waals surface area contributed by atoms with Crippen LogP contribution in [-0.2, 0) is 0 Å². The number of ether oxygens (including phenoxy) is 1. The van der Waals surface area contributed by atoms with Crippen LogP contribution < -0.4 is 10.3 Å². The molecule has 0 saturated heterocycles. The van der Waals surface area contributed by atoms with E-state index >= 15 is 0 Å². The number of benzene rings is 1. The Morgan fingerprint density at radius 3 is 2.83 bits per heavy atom. The lowest BCUT2D eigenvalue weighted by atomic mass is 9.88. The smallest absolute Gasteiger partial charge is 0.247 e. The average Bonchev–Trinajstić information content (AvgIpc) is 3.04. The van der Waals surface area contributed by atoms with E-state index in [2.05, 4.69) is 11.9 Å². The lowest BCUT2D eigenvalue weighted by Gasteiger charge is -2.18. The van der Waals surface area contributed by atoms with Crippen LogP contribution >= 0.6 is 0 Å². The maximum atomic E-state index is 14.1. The zero-order chi connectivity index (χ0) is 17.1. The second-order valence-corrected chi connectivity index (χ2v) is 6.89. The van der Waals surface area contributed by atoms with Gasteiger partial charge in [-0.15, -0.1) is 0 Å². The minimum Gasteiger partial charge on any atom is -0.497 e. The number of aromatic amines is 1. The van der Waals surface area contributed by atoms with Crippen molar-refractivity contribution in [2.24, 2.45) is 5.92 Å². The Bertz CT molecular complexity index is 735. The Balaban J connectivity index is 1.64. The molecule has 0 radical (unpaired) electrons. The van der Waals surface area contributed by atoms with E-state index in [0.29, 0.717) is 17.6 Å². The van der Waals surface area contributed by atoms with Crippen molar-refractivity contribution in [3.8, 4) is 5.75 Å². The van der Waals surface area contributed by atoms with Gasteiger partial charge in [-0.05, 0) is 72.8 Å². The molecule has 2 aromatic rings. The quantitative estimate of drug-likeness (QED) is 0.871. The predicted molar refractivity (Wildman–Crippen MR) is 93.1 cm³/mol. The van der Waals surface area contributed by atoms with Gasteiger partial charge in [-0.1, -0.05) is 13.0 Å². The summed E-state index contributed by atoms with van der Waals surface area (Å²) in [6, 6.07) is 8.48. The highest BCUT2D eigenvalue weighted by Crippen LogP contribution is 2.42. The van der Waals surface area contributed by atoms with Crippen LogP contribution in [0.15, 0.2) is 41.3 Å². The van der Waals surface area contributed by atoms with Gasteiger partial charge in [-0.3, -0.25) is 4.79 Å². The first-order chi connectivity index (χ1) is 11.6. The van der Waals surface area contributed by atoms with Gasteiger partial charge in [0.15, 0.2) is 0 Å². The highest BCUT2D eigenvalue weighted by atomic mass is 19.1. The summed E-state index contributed by atoms with van der Waals surface area (Å²) in [6.45, 7) is 2.09. The van der Waals surface area contributed by atoms with Crippen molar-refractivity contribution in [2.45, 2.75) is 44.4 Å². The summed E-state index contributed by atoms with van der Waals surface area (Å²) in [5.41, 5.74) is 1.88. The molecule has 128 valence electrons. The Morgan fingerprint density at radius 2 is 2.12 bits per heavy atom. The van der Waals surface area contributed by atoms with Gasteiger partial charge in [0.2, 0.25) is 5.56 Å². The third kappa shape index (κ3) is 3.69. The summed E-state index contributed by atoms with van der Waals surface area (Å²) >= 11 is 0. The Hall–Kier alpha value is -2.10. The van der Waals surface area contributed by atoms with E-state index in [1.165, 1.54) is 11.6 Å². The molecule has 1 aliphatic rings. The minimum absolute atomic E-state index is 0.0598. The molecular weight excluding hydrogens is 305 g/mol. The first kappa shape index (κ1) is 16.7. The maximum absolute atomic E-state index is 14.1. The van der Waals surface area contributed by atoms with Gasteiger partial charge in [0, 0.05) is 12.3 Å². The molecule has 1 aliphatic carbocycles. The van der Waals surface area contributed by atoms with Gasteiger partial charge in [0.05, 0.1) is 7.11 Å². The Kier molecular flexibility index (Phi) is 5.03. The first-order valence-corrected chi connectivity index (χ1v) is 8.59. The number of pyridine rings is 1. The average molecular weight is 329 g/mol. The summed E-state index contributed by atoms with van der Waals surface area (Å²) in [6.07, 6.45) is 6.19. The van der Waals surface area contributed by atoms with Crippen molar-refractivity contribution in [3.05, 3.63) is 63.8 Å². The largest absolute Gasteiger partial charge is 0.497 e. The van der Waals surface area contributed by atoms with Crippen LogP contribution in [0.3, 0.4) is 0 Å². The first-order valence-electron chi connectivity index (χ1n) is 8.59. The van der Waals surface area contributed by atoms with Crippen molar-refractivity contribution in [3.63, 3.8) is 0 Å². The molecule has 1 fully saturated rings. The van der Waals surface area contributed by atoms with Crippen LogP contribution in [0.5, 0.6) is 5.75 Å². The standard InChI is InChI=1S/C20H24FNO2/c1-13(18-11-17(24-2)6-7-19(18)21)9-14-3-4-15(10-14)16-5-8-20(23)22-12-16/h5-8,11-15H,3-4,9-10H2,1-2H3,(H,22,23)/t13-,14?,15-/m0/s1. The van der Waals surface area contributed by atoms with Gasteiger partial charge < -0.3 is 9.72 Å². The van der Waals surface area contributed by atoms with Crippen LogP contribution in [0.2, 0.25) is 0 Å². The normalized spacial score (nSPS) is 21.6. The van der Waals surface area contributed by atoms with Gasteiger partial charge in [0.25, 0.3) is 0 Å². The Morgan fingerprint density at radius 1 is 1.29 bits per heavy atom. The molecule has 0 spiro atoms. The van der Waals surface area contributed by atoms with Crippen molar-refractivity contribution >= 4 is 0 Å². The molecule has 1 heterocycles. The van der Waals surface area contributed by atoms with Crippen LogP contribution in [0, 0.1) is 11.7 Å². The number of halogens is 1. The third-order valence-corrected chi connectivity index (χ3v) is 5.24. The van der Waals surface area contributed by atoms with Gasteiger partial charge in [-0.25, -0.2) is 4.39 Å². The lowest BCUT2D eigenvalue weighted by Crippen LogP contribution is -2.06. The zero-order valence-electron chi connectivity index (χ0n) is 14.2. The number of aromatic nitrogens is 1. The number of nitrogens with one attached hydrogen (secondary N) is 1. The molecule has 1 N–H and O–H groups in total. The topological polar surface area (TPSA) is 42.1 Å². The molecule has 0 bridgehead atoms. The maximum Gasteiger partial charge on any atom is 0.247 e. The van der Waals surface area contributed by atoms with Gasteiger partial charge in [0.1, 0.15) is 11.6 Å². The molecule has 1 unspecified atom stereocenters. The molecule has 4 heteroatoms. The Labute approximate surface area is 141 Å². The number of methoxy groups -OCH3 is 1. The van der Waals surface area contributed by atoms with Crippen molar-refractivity contribution in [1.82, 2.24) is 4.98 Å². The molecule has 3 nitrogen and oxygen atoms in total. The molecule has 0 aliphatic heterocycles. The van der Waals surface area contributed by atoms with Crippen LogP contribution in [-0.4, -0.2) is 12.1 Å². The molecule has 3 rings (SSSR count). The molecule has 1 aromatic carbocycles. The number of hydrogen-bond donors (Lipinski definition) is 1. The second kappa shape index (κ2) is 7.20. The summed E-state index contributed by atoms with van der Waals surface area (Å²) < 4.78 is 19.3. The monoisotopic (exact) mass is 329 g/mol. The van der Waals surface area contributed by atoms with E-state index < -0.39 is 0 Å². The summed E-state index contributed by atoms with van der Waals surface area (Å²) in [4.78, 5) is 13.9. The lowest BCUT2D eigenvalue weighted by molar-refractivity contribution is 0.408. The fourth-order valence-electron chi connectivity index (χ4n) is 3.92. The molecule has 1 aromatic heterocycles. The van der Waals surface area contributed by atoms with Crippen molar-refractivity contribution in [1.29, 1.82) is 0 Å². The van der Waals surface area contributed by atoms with Crippen molar-refractivity contribution in [2.75, 3.05) is 7.11 Å². The van der Waals surface area contributed by atoms with E-state index in [4.69, 9.17) is 4.74 Å². The van der Waals surface area contributed by atoms with E-state index in [1.54, 1.807) is 19.2 Å². The third-order valence-electron chi connectivity index (χ3n) is 5.24. The van der Waals surface area contributed by atoms with Crippen LogP contribution in [0.25, 0.3) is 0 Å². The molecule has 0 amide bonds. The van der Waals surface area contributed by atoms with E-state index in [-0.39, 0.29) is 17.3 Å². The summed E-state index contributed by atoms with van der Waals surface area (Å²) in [7, 11) is 1.60. The fourth-order valence-corrected chi connectivity index (χ4v) is 3.92. The highest BCUT2D eigenvalue weighted by Gasteiger charge is 2.28. The summed E-state index contributed by atoms with van der Waals surface area (Å²) in [5.74, 6) is 1.80. The fraction of sp³-hybridized carbons (Fsp3) is 0.450. The number of rotatable bonds is 5. The minimum atomic E-state index is -0.154. The van der Waals surface area contributed by atoms with Gasteiger partial charge >= 0.3 is 0 Å². The van der Waals surface area contributed by atoms with E-state index in [9.17, 15) is 9.18 Å². The van der Waals surface area contributed by atoms with Crippen LogP contribution in [0.1, 0.15) is 55.6 Å². The molecular formula is C20H24FNO2. The number of hydrogen-bond acceptors (Lipinski definition) is 2.